The van der Waals surface area contributed by atoms with Crippen LogP contribution in [-0.2, 0) is 12.8 Å². The van der Waals surface area contributed by atoms with Gasteiger partial charge >= 0.3 is 0 Å². The zero-order chi connectivity index (χ0) is 12.6. The van der Waals surface area contributed by atoms with Crippen LogP contribution < -0.4 is 5.32 Å². The average Bonchev–Trinajstić information content (AvgIpc) is 3.28. The van der Waals surface area contributed by atoms with Gasteiger partial charge in [0.05, 0.1) is 11.4 Å². The first-order valence-electron chi connectivity index (χ1n) is 7.24. The number of aryl methyl sites for hydroxylation is 2. The maximum atomic E-state index is 4.59. The molecule has 1 aromatic heterocycles. The van der Waals surface area contributed by atoms with Crippen molar-refractivity contribution in [2.75, 3.05) is 11.9 Å². The molecular weight excluding hydrogens is 224 g/mol. The number of hydrogen-bond acceptors (Lipinski definition) is 4. The first kappa shape index (κ1) is 11.9. The van der Waals surface area contributed by atoms with Crippen molar-refractivity contribution < 1.29 is 0 Å². The van der Waals surface area contributed by atoms with Crippen molar-refractivity contribution >= 4 is 5.95 Å². The van der Waals surface area contributed by atoms with E-state index in [2.05, 4.69) is 34.3 Å². The summed E-state index contributed by atoms with van der Waals surface area (Å²) in [6, 6.07) is 0. The monoisotopic (exact) mass is 246 g/mol. The Bertz CT molecular complexity index is 435. The number of hydrogen-bond donors (Lipinski definition) is 1. The Morgan fingerprint density at radius 2 is 1.83 bits per heavy atom. The molecule has 4 nitrogen and oxygen atoms in total. The van der Waals surface area contributed by atoms with Gasteiger partial charge in [-0.15, -0.1) is 5.10 Å². The van der Waals surface area contributed by atoms with Crippen LogP contribution in [0.2, 0.25) is 0 Å². The summed E-state index contributed by atoms with van der Waals surface area (Å²) in [5, 5.41) is 11.9. The Balaban J connectivity index is 1.65. The van der Waals surface area contributed by atoms with Crippen molar-refractivity contribution in [2.45, 2.75) is 52.4 Å². The highest BCUT2D eigenvalue weighted by Gasteiger charge is 2.53. The summed E-state index contributed by atoms with van der Waals surface area (Å²) in [5.41, 5.74) is 2.71. The summed E-state index contributed by atoms with van der Waals surface area (Å²) in [7, 11) is 0. The van der Waals surface area contributed by atoms with E-state index < -0.39 is 0 Å². The van der Waals surface area contributed by atoms with Gasteiger partial charge in [-0.1, -0.05) is 13.8 Å². The van der Waals surface area contributed by atoms with E-state index in [-0.39, 0.29) is 0 Å². The van der Waals surface area contributed by atoms with E-state index in [4.69, 9.17) is 0 Å². The van der Waals surface area contributed by atoms with E-state index in [1.807, 2.05) is 0 Å². The van der Waals surface area contributed by atoms with Gasteiger partial charge in [0.25, 0.3) is 0 Å². The lowest BCUT2D eigenvalue weighted by Crippen LogP contribution is -2.19. The highest BCUT2D eigenvalue weighted by Crippen LogP contribution is 2.61. The Labute approximate surface area is 109 Å². The zero-order valence-corrected chi connectivity index (χ0v) is 11.4. The van der Waals surface area contributed by atoms with Crippen LogP contribution in [0.5, 0.6) is 0 Å². The molecule has 0 bridgehead atoms. The topological polar surface area (TPSA) is 50.7 Å². The molecule has 4 heteroatoms. The molecule has 2 aliphatic carbocycles. The molecule has 2 fully saturated rings. The van der Waals surface area contributed by atoms with Crippen molar-refractivity contribution in [3.63, 3.8) is 0 Å². The third kappa shape index (κ3) is 2.20. The third-order valence-electron chi connectivity index (χ3n) is 4.44. The summed E-state index contributed by atoms with van der Waals surface area (Å²) in [4.78, 5) is 4.59. The van der Waals surface area contributed by atoms with E-state index in [0.29, 0.717) is 5.41 Å². The molecule has 2 aliphatic rings. The number of rotatable bonds is 6. The second-order valence-corrected chi connectivity index (χ2v) is 5.73. The smallest absolute Gasteiger partial charge is 0.242 e. The molecule has 0 unspecified atom stereocenters. The standard InChI is InChI=1S/C14H22N4/c1-3-11-12(4-2)17-18-13(16-11)15-9-14(7-8-14)10-5-6-10/h10H,3-9H2,1-2H3,(H,15,16,18). The summed E-state index contributed by atoms with van der Waals surface area (Å²) >= 11 is 0. The van der Waals surface area contributed by atoms with Gasteiger partial charge < -0.3 is 5.32 Å². The molecule has 0 radical (unpaired) electrons. The maximum absolute atomic E-state index is 4.59. The van der Waals surface area contributed by atoms with Gasteiger partial charge in [-0.2, -0.15) is 5.10 Å². The van der Waals surface area contributed by atoms with Gasteiger partial charge in [0.2, 0.25) is 5.95 Å². The summed E-state index contributed by atoms with van der Waals surface area (Å²) in [6.07, 6.45) is 7.46. The number of aromatic nitrogens is 3. The molecule has 18 heavy (non-hydrogen) atoms. The van der Waals surface area contributed by atoms with Gasteiger partial charge in [0.15, 0.2) is 0 Å². The number of anilines is 1. The van der Waals surface area contributed by atoms with Gasteiger partial charge in [-0.3, -0.25) is 0 Å². The lowest BCUT2D eigenvalue weighted by molar-refractivity contribution is 0.465. The van der Waals surface area contributed by atoms with Crippen LogP contribution in [0.15, 0.2) is 0 Å². The summed E-state index contributed by atoms with van der Waals surface area (Å²) in [6.45, 7) is 5.26. The van der Waals surface area contributed by atoms with Crippen LogP contribution in [0.25, 0.3) is 0 Å². The van der Waals surface area contributed by atoms with E-state index >= 15 is 0 Å². The first-order chi connectivity index (χ1) is 8.77. The molecule has 98 valence electrons. The van der Waals surface area contributed by atoms with Crippen molar-refractivity contribution in [3.05, 3.63) is 11.4 Å². The highest BCUT2D eigenvalue weighted by atomic mass is 15.2. The van der Waals surface area contributed by atoms with E-state index in [1.54, 1.807) is 0 Å². The lowest BCUT2D eigenvalue weighted by Gasteiger charge is -2.15. The van der Waals surface area contributed by atoms with Crippen molar-refractivity contribution in [1.29, 1.82) is 0 Å². The second kappa shape index (κ2) is 4.48. The predicted molar refractivity (Wildman–Crippen MR) is 71.5 cm³/mol. The molecule has 0 aromatic carbocycles. The van der Waals surface area contributed by atoms with Crippen molar-refractivity contribution in [1.82, 2.24) is 15.2 Å². The Morgan fingerprint density at radius 3 is 2.39 bits per heavy atom. The molecule has 1 heterocycles. The lowest BCUT2D eigenvalue weighted by atomic mass is 10.0. The van der Waals surface area contributed by atoms with Gasteiger partial charge in [0.1, 0.15) is 0 Å². The fourth-order valence-corrected chi connectivity index (χ4v) is 2.85. The van der Waals surface area contributed by atoms with Crippen LogP contribution in [0.3, 0.4) is 0 Å². The van der Waals surface area contributed by atoms with E-state index in [0.717, 1.165) is 42.6 Å². The molecular formula is C14H22N4. The minimum absolute atomic E-state index is 0.583. The molecule has 1 aromatic rings. The summed E-state index contributed by atoms with van der Waals surface area (Å²) in [5.74, 6) is 1.69. The van der Waals surface area contributed by atoms with Crippen LogP contribution in [0.1, 0.15) is 50.9 Å². The molecule has 1 N–H and O–H groups in total. The molecule has 2 saturated carbocycles. The van der Waals surface area contributed by atoms with Crippen LogP contribution in [0, 0.1) is 11.3 Å². The highest BCUT2D eigenvalue weighted by molar-refractivity contribution is 5.27. The molecule has 3 rings (SSSR count). The maximum Gasteiger partial charge on any atom is 0.242 e. The van der Waals surface area contributed by atoms with Gasteiger partial charge in [-0.05, 0) is 49.9 Å². The van der Waals surface area contributed by atoms with Crippen molar-refractivity contribution in [3.8, 4) is 0 Å². The quantitative estimate of drug-likeness (QED) is 0.838. The van der Waals surface area contributed by atoms with Crippen molar-refractivity contribution in [2.24, 2.45) is 11.3 Å². The molecule has 0 amide bonds. The first-order valence-corrected chi connectivity index (χ1v) is 7.24. The Morgan fingerprint density at radius 1 is 1.11 bits per heavy atom. The summed E-state index contributed by atoms with van der Waals surface area (Å²) < 4.78 is 0. The minimum atomic E-state index is 0.583. The average molecular weight is 246 g/mol. The van der Waals surface area contributed by atoms with Crippen LogP contribution in [-0.4, -0.2) is 21.7 Å². The largest absolute Gasteiger partial charge is 0.352 e. The third-order valence-corrected chi connectivity index (χ3v) is 4.44. The van der Waals surface area contributed by atoms with E-state index in [9.17, 15) is 0 Å². The second-order valence-electron chi connectivity index (χ2n) is 5.73. The van der Waals surface area contributed by atoms with Crippen LogP contribution >= 0.6 is 0 Å². The zero-order valence-electron chi connectivity index (χ0n) is 11.4. The predicted octanol–water partition coefficient (Wildman–Crippen LogP) is 2.60. The normalized spacial score (nSPS) is 20.8. The van der Waals surface area contributed by atoms with Gasteiger partial charge in [-0.25, -0.2) is 4.98 Å². The molecule has 0 saturated heterocycles. The Hall–Kier alpha value is -1.19. The number of nitrogens with zero attached hydrogens (tertiary/aromatic N) is 3. The molecule has 0 aliphatic heterocycles. The molecule has 0 atom stereocenters. The van der Waals surface area contributed by atoms with E-state index in [1.165, 1.54) is 25.7 Å². The number of nitrogens with one attached hydrogen (secondary N) is 1. The fraction of sp³-hybridized carbons (Fsp3) is 0.786. The van der Waals surface area contributed by atoms with Crippen LogP contribution in [0.4, 0.5) is 5.95 Å². The van der Waals surface area contributed by atoms with Gasteiger partial charge in [0, 0.05) is 6.54 Å². The molecule has 0 spiro atoms. The Kier molecular flexibility index (Phi) is 2.96. The SMILES string of the molecule is CCc1nnc(NCC2(C3CC3)CC2)nc1CC. The minimum Gasteiger partial charge on any atom is -0.352 e. The fourth-order valence-electron chi connectivity index (χ4n) is 2.85.